The Kier molecular flexibility index (Phi) is 3.42. The van der Waals surface area contributed by atoms with Crippen molar-refractivity contribution in [2.75, 3.05) is 5.32 Å². The highest BCUT2D eigenvalue weighted by Gasteiger charge is 2.28. The van der Waals surface area contributed by atoms with Crippen molar-refractivity contribution in [3.8, 4) is 5.69 Å². The molecule has 2 aromatic rings. The standard InChI is InChI=1S/C13H16N6O/c14-10-6-5-9(7-10)13(20)16-11-3-1-2-4-12(11)19-8-15-17-18-19/h1-4,8-10H,5-7,14H2,(H,16,20). The molecule has 104 valence electrons. The number of nitrogens with zero attached hydrogens (tertiary/aromatic N) is 4. The smallest absolute Gasteiger partial charge is 0.227 e. The molecule has 2 unspecified atom stereocenters. The predicted molar refractivity (Wildman–Crippen MR) is 73.1 cm³/mol. The van der Waals surface area contributed by atoms with Gasteiger partial charge in [0.2, 0.25) is 5.91 Å². The van der Waals surface area contributed by atoms with Gasteiger partial charge in [-0.2, -0.15) is 4.68 Å². The molecule has 1 aromatic heterocycles. The number of hydrogen-bond acceptors (Lipinski definition) is 5. The minimum atomic E-state index is -0.00747. The van der Waals surface area contributed by atoms with Crippen LogP contribution < -0.4 is 11.1 Å². The molecule has 0 spiro atoms. The Labute approximate surface area is 116 Å². The average Bonchev–Trinajstić information content (AvgIpc) is 3.10. The van der Waals surface area contributed by atoms with Crippen molar-refractivity contribution in [2.45, 2.75) is 25.3 Å². The van der Waals surface area contributed by atoms with Gasteiger partial charge in [0, 0.05) is 12.0 Å². The first-order valence-corrected chi connectivity index (χ1v) is 6.63. The van der Waals surface area contributed by atoms with Crippen LogP contribution in [0.4, 0.5) is 5.69 Å². The molecule has 7 heteroatoms. The Morgan fingerprint density at radius 2 is 2.20 bits per heavy atom. The zero-order chi connectivity index (χ0) is 13.9. The summed E-state index contributed by atoms with van der Waals surface area (Å²) >= 11 is 0. The number of carbonyl (C=O) groups is 1. The summed E-state index contributed by atoms with van der Waals surface area (Å²) in [6.45, 7) is 0. The van der Waals surface area contributed by atoms with Gasteiger partial charge in [-0.15, -0.1) is 5.10 Å². The highest BCUT2D eigenvalue weighted by Crippen LogP contribution is 2.26. The number of anilines is 1. The third kappa shape index (κ3) is 2.53. The molecular formula is C13H16N6O. The number of tetrazole rings is 1. The van der Waals surface area contributed by atoms with E-state index < -0.39 is 0 Å². The monoisotopic (exact) mass is 272 g/mol. The highest BCUT2D eigenvalue weighted by atomic mass is 16.1. The molecule has 1 aliphatic carbocycles. The van der Waals surface area contributed by atoms with Crippen molar-refractivity contribution in [1.29, 1.82) is 0 Å². The molecule has 20 heavy (non-hydrogen) atoms. The van der Waals surface area contributed by atoms with Gasteiger partial charge in [-0.1, -0.05) is 12.1 Å². The first kappa shape index (κ1) is 12.7. The Morgan fingerprint density at radius 1 is 1.35 bits per heavy atom. The predicted octanol–water partition coefficient (Wildman–Crippen LogP) is 0.728. The van der Waals surface area contributed by atoms with Gasteiger partial charge in [-0.3, -0.25) is 4.79 Å². The van der Waals surface area contributed by atoms with Crippen LogP contribution in [0.2, 0.25) is 0 Å². The summed E-state index contributed by atoms with van der Waals surface area (Å²) in [6, 6.07) is 7.57. The van der Waals surface area contributed by atoms with Gasteiger partial charge in [0.15, 0.2) is 0 Å². The van der Waals surface area contributed by atoms with Crippen LogP contribution in [0.5, 0.6) is 0 Å². The van der Waals surface area contributed by atoms with Crippen LogP contribution in [0.1, 0.15) is 19.3 Å². The van der Waals surface area contributed by atoms with Crippen LogP contribution in [-0.2, 0) is 4.79 Å². The zero-order valence-electron chi connectivity index (χ0n) is 10.9. The molecule has 0 bridgehead atoms. The molecule has 0 saturated heterocycles. The Hall–Kier alpha value is -2.28. The molecule has 7 nitrogen and oxygen atoms in total. The lowest BCUT2D eigenvalue weighted by Gasteiger charge is -2.13. The maximum absolute atomic E-state index is 12.3. The summed E-state index contributed by atoms with van der Waals surface area (Å²) < 4.78 is 1.52. The normalized spacial score (nSPS) is 21.9. The fourth-order valence-corrected chi connectivity index (χ4v) is 2.54. The molecule has 0 radical (unpaired) electrons. The lowest BCUT2D eigenvalue weighted by atomic mass is 10.1. The number of carbonyl (C=O) groups excluding carboxylic acids is 1. The van der Waals surface area contributed by atoms with E-state index in [4.69, 9.17) is 5.73 Å². The van der Waals surface area contributed by atoms with Crippen LogP contribution in [0.15, 0.2) is 30.6 Å². The second-order valence-corrected chi connectivity index (χ2v) is 5.03. The van der Waals surface area contributed by atoms with Gasteiger partial charge in [0.25, 0.3) is 0 Å². The molecule has 1 saturated carbocycles. The maximum Gasteiger partial charge on any atom is 0.227 e. The summed E-state index contributed by atoms with van der Waals surface area (Å²) in [5, 5.41) is 14.0. The summed E-state index contributed by atoms with van der Waals surface area (Å²) in [5.41, 5.74) is 7.30. The Bertz CT molecular complexity index is 597. The van der Waals surface area contributed by atoms with Crippen molar-refractivity contribution >= 4 is 11.6 Å². The second-order valence-electron chi connectivity index (χ2n) is 5.03. The summed E-state index contributed by atoms with van der Waals surface area (Å²) in [4.78, 5) is 12.3. The SMILES string of the molecule is NC1CCC(C(=O)Nc2ccccc2-n2cnnn2)C1. The van der Waals surface area contributed by atoms with E-state index >= 15 is 0 Å². The van der Waals surface area contributed by atoms with Crippen molar-refractivity contribution in [1.82, 2.24) is 20.2 Å². The van der Waals surface area contributed by atoms with Crippen molar-refractivity contribution in [3.63, 3.8) is 0 Å². The van der Waals surface area contributed by atoms with Crippen LogP contribution in [-0.4, -0.2) is 32.2 Å². The minimum absolute atomic E-state index is 0.00747. The quantitative estimate of drug-likeness (QED) is 0.858. The lowest BCUT2D eigenvalue weighted by Crippen LogP contribution is -2.23. The number of para-hydroxylation sites is 2. The zero-order valence-corrected chi connectivity index (χ0v) is 10.9. The van der Waals surface area contributed by atoms with Crippen LogP contribution >= 0.6 is 0 Å². The van der Waals surface area contributed by atoms with Crippen LogP contribution in [0, 0.1) is 5.92 Å². The van der Waals surface area contributed by atoms with Crippen LogP contribution in [0.3, 0.4) is 0 Å². The topological polar surface area (TPSA) is 98.7 Å². The van der Waals surface area contributed by atoms with Crippen LogP contribution in [0.25, 0.3) is 5.69 Å². The molecule has 2 atom stereocenters. The molecule has 1 heterocycles. The number of rotatable bonds is 3. The van der Waals surface area contributed by atoms with Crippen molar-refractivity contribution in [3.05, 3.63) is 30.6 Å². The Morgan fingerprint density at radius 3 is 2.90 bits per heavy atom. The highest BCUT2D eigenvalue weighted by molar-refractivity contribution is 5.94. The van der Waals surface area contributed by atoms with Gasteiger partial charge < -0.3 is 11.1 Å². The van der Waals surface area contributed by atoms with E-state index in [9.17, 15) is 4.79 Å². The van der Waals surface area contributed by atoms with E-state index in [1.165, 1.54) is 11.0 Å². The summed E-state index contributed by atoms with van der Waals surface area (Å²) in [7, 11) is 0. The number of nitrogens with two attached hydrogens (primary N) is 1. The van der Waals surface area contributed by atoms with Gasteiger partial charge in [0.1, 0.15) is 6.33 Å². The van der Waals surface area contributed by atoms with E-state index in [2.05, 4.69) is 20.8 Å². The minimum Gasteiger partial charge on any atom is -0.328 e. The molecule has 1 fully saturated rings. The van der Waals surface area contributed by atoms with E-state index in [-0.39, 0.29) is 17.9 Å². The van der Waals surface area contributed by atoms with Gasteiger partial charge >= 0.3 is 0 Å². The molecule has 0 aliphatic heterocycles. The Balaban J connectivity index is 1.79. The molecule has 3 rings (SSSR count). The number of amides is 1. The van der Waals surface area contributed by atoms with Gasteiger partial charge in [-0.05, 0) is 41.8 Å². The lowest BCUT2D eigenvalue weighted by molar-refractivity contribution is -0.119. The number of hydrogen-bond donors (Lipinski definition) is 2. The molecule has 1 aromatic carbocycles. The molecule has 3 N–H and O–H groups in total. The van der Waals surface area contributed by atoms with E-state index in [0.29, 0.717) is 5.69 Å². The molecule has 1 aliphatic rings. The van der Waals surface area contributed by atoms with Crippen molar-refractivity contribution in [2.24, 2.45) is 11.7 Å². The fraction of sp³-hybridized carbons (Fsp3) is 0.385. The number of benzene rings is 1. The summed E-state index contributed by atoms with van der Waals surface area (Å²) in [5.74, 6) is 0.00500. The summed E-state index contributed by atoms with van der Waals surface area (Å²) in [6.07, 6.45) is 4.00. The maximum atomic E-state index is 12.3. The first-order chi connectivity index (χ1) is 9.74. The fourth-order valence-electron chi connectivity index (χ4n) is 2.54. The van der Waals surface area contributed by atoms with E-state index in [0.717, 1.165) is 24.9 Å². The van der Waals surface area contributed by atoms with E-state index in [1.807, 2.05) is 24.3 Å². The second kappa shape index (κ2) is 5.38. The first-order valence-electron chi connectivity index (χ1n) is 6.63. The van der Waals surface area contributed by atoms with E-state index in [1.54, 1.807) is 0 Å². The third-order valence-corrected chi connectivity index (χ3v) is 3.60. The van der Waals surface area contributed by atoms with Gasteiger partial charge in [0.05, 0.1) is 11.4 Å². The van der Waals surface area contributed by atoms with Crippen molar-refractivity contribution < 1.29 is 4.79 Å². The molecular weight excluding hydrogens is 256 g/mol. The third-order valence-electron chi connectivity index (χ3n) is 3.60. The average molecular weight is 272 g/mol. The largest absolute Gasteiger partial charge is 0.328 e. The van der Waals surface area contributed by atoms with Gasteiger partial charge in [-0.25, -0.2) is 0 Å². The number of nitrogens with one attached hydrogen (secondary N) is 1. The molecule has 1 amide bonds. The number of aromatic nitrogens is 4.